The van der Waals surface area contributed by atoms with Crippen molar-refractivity contribution in [3.8, 4) is 0 Å². The lowest BCUT2D eigenvalue weighted by molar-refractivity contribution is 0.0996. The summed E-state index contributed by atoms with van der Waals surface area (Å²) in [5, 5.41) is 3.14. The van der Waals surface area contributed by atoms with E-state index in [2.05, 4.69) is 5.32 Å². The van der Waals surface area contributed by atoms with Crippen molar-refractivity contribution in [2.75, 3.05) is 11.1 Å². The molecule has 2 rings (SSSR count). The molecule has 0 fully saturated rings. The Morgan fingerprint density at radius 2 is 2.18 bits per heavy atom. The second-order valence-corrected chi connectivity index (χ2v) is 4.03. The molecule has 0 saturated carbocycles. The topological polar surface area (TPSA) is 68.3 Å². The second kappa shape index (κ2) is 4.51. The van der Waals surface area contributed by atoms with Gasteiger partial charge in [0.2, 0.25) is 0 Å². The number of benzene rings is 1. The average molecular weight is 251 g/mol. The third kappa shape index (κ3) is 2.42. The summed E-state index contributed by atoms with van der Waals surface area (Å²) in [7, 11) is 0. The first kappa shape index (κ1) is 11.5. The normalized spacial score (nSPS) is 10.2. The average Bonchev–Trinajstić information content (AvgIpc) is 2.70. The minimum Gasteiger partial charge on any atom is -0.459 e. The molecule has 0 spiro atoms. The predicted octanol–water partition coefficient (Wildman–Crippen LogP) is 3.08. The van der Waals surface area contributed by atoms with Gasteiger partial charge in [-0.05, 0) is 31.2 Å². The number of hydrogen-bond donors (Lipinski definition) is 2. The van der Waals surface area contributed by atoms with Crippen molar-refractivity contribution in [2.24, 2.45) is 0 Å². The van der Waals surface area contributed by atoms with E-state index in [0.717, 1.165) is 5.56 Å². The van der Waals surface area contributed by atoms with Crippen molar-refractivity contribution in [1.29, 1.82) is 0 Å². The quantitative estimate of drug-likeness (QED) is 0.805. The van der Waals surface area contributed by atoms with E-state index in [1.165, 1.54) is 6.26 Å². The molecule has 0 aliphatic heterocycles. The Kier molecular flexibility index (Phi) is 3.06. The highest BCUT2D eigenvalue weighted by Gasteiger charge is 2.12. The van der Waals surface area contributed by atoms with Gasteiger partial charge in [-0.25, -0.2) is 0 Å². The van der Waals surface area contributed by atoms with Gasteiger partial charge in [0.1, 0.15) is 0 Å². The Morgan fingerprint density at radius 1 is 1.41 bits per heavy atom. The van der Waals surface area contributed by atoms with E-state index in [4.69, 9.17) is 21.8 Å². The Balaban J connectivity index is 2.19. The van der Waals surface area contributed by atoms with Crippen LogP contribution in [-0.4, -0.2) is 5.91 Å². The SMILES string of the molecule is Cc1ccoc1C(=O)Nc1ccc(Cl)c(N)c1. The van der Waals surface area contributed by atoms with Crippen molar-refractivity contribution >= 4 is 28.9 Å². The lowest BCUT2D eigenvalue weighted by Gasteiger charge is -2.05. The number of rotatable bonds is 2. The number of aryl methyl sites for hydroxylation is 1. The number of nitrogens with one attached hydrogen (secondary N) is 1. The van der Waals surface area contributed by atoms with Gasteiger partial charge in [-0.1, -0.05) is 11.6 Å². The summed E-state index contributed by atoms with van der Waals surface area (Å²) < 4.78 is 5.08. The molecule has 0 unspecified atom stereocenters. The maximum atomic E-state index is 11.8. The number of hydrogen-bond acceptors (Lipinski definition) is 3. The maximum Gasteiger partial charge on any atom is 0.291 e. The number of carbonyl (C=O) groups is 1. The van der Waals surface area contributed by atoms with E-state index in [1.807, 2.05) is 0 Å². The molecule has 1 aromatic heterocycles. The van der Waals surface area contributed by atoms with Crippen LogP contribution < -0.4 is 11.1 Å². The standard InChI is InChI=1S/C12H11ClN2O2/c1-7-4-5-17-11(7)12(16)15-8-2-3-9(13)10(14)6-8/h2-6H,14H2,1H3,(H,15,16). The van der Waals surface area contributed by atoms with Crippen LogP contribution in [0, 0.1) is 6.92 Å². The van der Waals surface area contributed by atoms with Gasteiger partial charge in [0, 0.05) is 11.3 Å². The van der Waals surface area contributed by atoms with Crippen LogP contribution in [0.4, 0.5) is 11.4 Å². The van der Waals surface area contributed by atoms with Gasteiger partial charge in [-0.15, -0.1) is 0 Å². The number of nitrogens with two attached hydrogens (primary N) is 1. The van der Waals surface area contributed by atoms with Crippen LogP contribution >= 0.6 is 11.6 Å². The summed E-state index contributed by atoms with van der Waals surface area (Å²) in [5.41, 5.74) is 7.41. The molecule has 1 aromatic carbocycles. The van der Waals surface area contributed by atoms with Crippen LogP contribution in [0.3, 0.4) is 0 Å². The van der Waals surface area contributed by atoms with Crippen LogP contribution in [0.15, 0.2) is 34.9 Å². The first-order valence-corrected chi connectivity index (χ1v) is 5.36. The molecule has 1 heterocycles. The fourth-order valence-electron chi connectivity index (χ4n) is 1.41. The molecule has 0 atom stereocenters. The predicted molar refractivity (Wildman–Crippen MR) is 67.3 cm³/mol. The summed E-state index contributed by atoms with van der Waals surface area (Å²) in [6.45, 7) is 1.80. The highest BCUT2D eigenvalue weighted by Crippen LogP contribution is 2.23. The molecular weight excluding hydrogens is 240 g/mol. The van der Waals surface area contributed by atoms with Gasteiger partial charge in [0.15, 0.2) is 5.76 Å². The smallest absolute Gasteiger partial charge is 0.291 e. The molecule has 0 radical (unpaired) electrons. The number of halogens is 1. The Labute approximate surface area is 103 Å². The molecule has 2 aromatic rings. The van der Waals surface area contributed by atoms with E-state index in [1.54, 1.807) is 31.2 Å². The van der Waals surface area contributed by atoms with Gasteiger partial charge in [0.05, 0.1) is 17.0 Å². The Bertz CT molecular complexity index is 563. The third-order valence-corrected chi connectivity index (χ3v) is 2.67. The van der Waals surface area contributed by atoms with Crippen LogP contribution in [0.25, 0.3) is 0 Å². The van der Waals surface area contributed by atoms with Gasteiger partial charge < -0.3 is 15.5 Å². The monoisotopic (exact) mass is 250 g/mol. The molecule has 5 heteroatoms. The van der Waals surface area contributed by atoms with Crippen molar-refractivity contribution in [2.45, 2.75) is 6.92 Å². The van der Waals surface area contributed by atoms with E-state index < -0.39 is 0 Å². The Morgan fingerprint density at radius 3 is 2.76 bits per heavy atom. The molecule has 0 saturated heterocycles. The molecule has 17 heavy (non-hydrogen) atoms. The van der Waals surface area contributed by atoms with E-state index in [9.17, 15) is 4.79 Å². The summed E-state index contributed by atoms with van der Waals surface area (Å²) in [6, 6.07) is 6.63. The highest BCUT2D eigenvalue weighted by atomic mass is 35.5. The zero-order valence-corrected chi connectivity index (χ0v) is 9.91. The van der Waals surface area contributed by atoms with Crippen molar-refractivity contribution in [3.63, 3.8) is 0 Å². The summed E-state index contributed by atoms with van der Waals surface area (Å²) >= 11 is 5.79. The van der Waals surface area contributed by atoms with Crippen molar-refractivity contribution < 1.29 is 9.21 Å². The fourth-order valence-corrected chi connectivity index (χ4v) is 1.53. The minimum absolute atomic E-state index is 0.290. The van der Waals surface area contributed by atoms with Gasteiger partial charge >= 0.3 is 0 Å². The zero-order chi connectivity index (χ0) is 12.4. The van der Waals surface area contributed by atoms with E-state index in [-0.39, 0.29) is 5.91 Å². The van der Waals surface area contributed by atoms with Crippen molar-refractivity contribution in [1.82, 2.24) is 0 Å². The molecule has 4 nitrogen and oxygen atoms in total. The highest BCUT2D eigenvalue weighted by molar-refractivity contribution is 6.33. The number of amides is 1. The number of carbonyl (C=O) groups excluding carboxylic acids is 1. The summed E-state index contributed by atoms with van der Waals surface area (Å²) in [4.78, 5) is 11.8. The first-order chi connectivity index (χ1) is 8.08. The van der Waals surface area contributed by atoms with E-state index in [0.29, 0.717) is 22.2 Å². The number of anilines is 2. The van der Waals surface area contributed by atoms with Crippen LogP contribution in [0.1, 0.15) is 16.1 Å². The maximum absolute atomic E-state index is 11.8. The summed E-state index contributed by atoms with van der Waals surface area (Å²) in [6.07, 6.45) is 1.47. The molecule has 0 aliphatic rings. The largest absolute Gasteiger partial charge is 0.459 e. The first-order valence-electron chi connectivity index (χ1n) is 4.98. The number of nitrogen functional groups attached to an aromatic ring is 1. The minimum atomic E-state index is -0.311. The number of furan rings is 1. The fraction of sp³-hybridized carbons (Fsp3) is 0.0833. The van der Waals surface area contributed by atoms with Crippen LogP contribution in [0.2, 0.25) is 5.02 Å². The molecule has 0 aliphatic carbocycles. The van der Waals surface area contributed by atoms with Crippen LogP contribution in [-0.2, 0) is 0 Å². The Hall–Kier alpha value is -1.94. The van der Waals surface area contributed by atoms with Gasteiger partial charge in [-0.2, -0.15) is 0 Å². The molecule has 0 bridgehead atoms. The third-order valence-electron chi connectivity index (χ3n) is 2.32. The molecule has 1 amide bonds. The lowest BCUT2D eigenvalue weighted by Crippen LogP contribution is -2.12. The van der Waals surface area contributed by atoms with Gasteiger partial charge in [0.25, 0.3) is 5.91 Å². The molecular formula is C12H11ClN2O2. The van der Waals surface area contributed by atoms with Crippen molar-refractivity contribution in [3.05, 3.63) is 46.9 Å². The summed E-state index contributed by atoms with van der Waals surface area (Å²) in [5.74, 6) is -0.0206. The lowest BCUT2D eigenvalue weighted by atomic mass is 10.2. The van der Waals surface area contributed by atoms with Crippen LogP contribution in [0.5, 0.6) is 0 Å². The van der Waals surface area contributed by atoms with E-state index >= 15 is 0 Å². The molecule has 88 valence electrons. The molecule has 3 N–H and O–H groups in total. The zero-order valence-electron chi connectivity index (χ0n) is 9.16. The van der Waals surface area contributed by atoms with Gasteiger partial charge in [-0.3, -0.25) is 4.79 Å². The second-order valence-electron chi connectivity index (χ2n) is 3.62.